The van der Waals surface area contributed by atoms with Crippen molar-refractivity contribution in [1.82, 2.24) is 9.97 Å². The van der Waals surface area contributed by atoms with Crippen LogP contribution in [-0.4, -0.2) is 22.2 Å². The van der Waals surface area contributed by atoms with Gasteiger partial charge in [-0.05, 0) is 24.6 Å². The van der Waals surface area contributed by atoms with Crippen LogP contribution < -0.4 is 5.32 Å². The van der Waals surface area contributed by atoms with E-state index < -0.39 is 0 Å². The molecule has 0 saturated carbocycles. The van der Waals surface area contributed by atoms with E-state index in [1.807, 2.05) is 31.2 Å². The molecule has 0 aliphatic heterocycles. The Balaban J connectivity index is 2.43. The molecule has 0 spiro atoms. The quantitative estimate of drug-likeness (QED) is 0.631. The summed E-state index contributed by atoms with van der Waals surface area (Å²) in [6.45, 7) is 6.11. The van der Waals surface area contributed by atoms with Crippen molar-refractivity contribution in [3.05, 3.63) is 54.6 Å². The van der Waals surface area contributed by atoms with Gasteiger partial charge in [0.25, 0.3) is 0 Å². The number of aromatic nitrogens is 2. The molecule has 0 unspecified atom stereocenters. The van der Waals surface area contributed by atoms with Crippen molar-refractivity contribution in [3.63, 3.8) is 0 Å². The molecule has 0 aliphatic rings. The second-order valence-electron chi connectivity index (χ2n) is 4.76. The van der Waals surface area contributed by atoms with E-state index in [-0.39, 0.29) is 12.1 Å². The van der Waals surface area contributed by atoms with Crippen molar-refractivity contribution in [2.45, 2.75) is 13.3 Å². The fraction of sp³-hybridized carbons (Fsp3) is 0.176. The molecule has 0 fully saturated rings. The molecule has 1 heterocycles. The minimum absolute atomic E-state index is 0.0661. The number of nitrogens with zero attached hydrogens (tertiary/aromatic N) is 3. The van der Waals surface area contributed by atoms with E-state index in [4.69, 9.17) is 10.7 Å². The minimum atomic E-state index is 0.0661. The molecule has 2 N–H and O–H groups in total. The third-order valence-electron chi connectivity index (χ3n) is 3.15. The molecule has 2 aromatic rings. The lowest BCUT2D eigenvalue weighted by Crippen LogP contribution is -2.07. The fourth-order valence-electron chi connectivity index (χ4n) is 2.03. The summed E-state index contributed by atoms with van der Waals surface area (Å²) in [5.74, 6) is 0.713. The van der Waals surface area contributed by atoms with Crippen LogP contribution in [0.1, 0.15) is 17.8 Å². The summed E-state index contributed by atoms with van der Waals surface area (Å²) in [7, 11) is 0. The molecule has 2 rings (SSSR count). The van der Waals surface area contributed by atoms with Gasteiger partial charge in [0.2, 0.25) is 0 Å². The summed E-state index contributed by atoms with van der Waals surface area (Å²) >= 11 is 0. The molecule has 22 heavy (non-hydrogen) atoms. The van der Waals surface area contributed by atoms with Gasteiger partial charge in [-0.25, -0.2) is 9.97 Å². The number of hydrogen-bond donors (Lipinski definition) is 2. The lowest BCUT2D eigenvalue weighted by molar-refractivity contribution is 1.06. The Labute approximate surface area is 129 Å². The molecule has 5 heteroatoms. The molecule has 5 nitrogen and oxygen atoms in total. The lowest BCUT2D eigenvalue weighted by atomic mass is 9.99. The van der Waals surface area contributed by atoms with Crippen molar-refractivity contribution >= 4 is 11.4 Å². The number of benzene rings is 1. The van der Waals surface area contributed by atoms with Gasteiger partial charge in [0.15, 0.2) is 0 Å². The number of anilines is 1. The molecule has 0 bridgehead atoms. The molecular formula is C17H17N5. The first-order valence-corrected chi connectivity index (χ1v) is 6.88. The van der Waals surface area contributed by atoms with Crippen LogP contribution >= 0.6 is 0 Å². The van der Waals surface area contributed by atoms with E-state index in [9.17, 15) is 0 Å². The zero-order chi connectivity index (χ0) is 15.9. The average Bonchev–Trinajstić information content (AvgIpc) is 2.54. The average molecular weight is 291 g/mol. The maximum atomic E-state index is 8.83. The van der Waals surface area contributed by atoms with E-state index in [2.05, 4.69) is 21.9 Å². The third-order valence-corrected chi connectivity index (χ3v) is 3.15. The normalized spacial score (nSPS) is 9.82. The first kappa shape index (κ1) is 15.4. The molecule has 110 valence electrons. The van der Waals surface area contributed by atoms with Gasteiger partial charge < -0.3 is 10.7 Å². The maximum absolute atomic E-state index is 8.83. The summed E-state index contributed by atoms with van der Waals surface area (Å²) in [6, 6.07) is 7.76. The van der Waals surface area contributed by atoms with Crippen molar-refractivity contribution in [1.29, 1.82) is 10.7 Å². The monoisotopic (exact) mass is 291 g/mol. The van der Waals surface area contributed by atoms with Crippen LogP contribution in [0.15, 0.2) is 43.2 Å². The van der Waals surface area contributed by atoms with Gasteiger partial charge in [-0.1, -0.05) is 12.1 Å². The number of nitriles is 1. The Kier molecular flexibility index (Phi) is 4.99. The van der Waals surface area contributed by atoms with Gasteiger partial charge in [0.05, 0.1) is 18.2 Å². The molecule has 0 amide bonds. The number of nitrogens with one attached hydrogen (secondary N) is 2. The Hall–Kier alpha value is -3.00. The molecule has 0 aliphatic carbocycles. The minimum Gasteiger partial charge on any atom is -0.381 e. The molecule has 0 radical (unpaired) electrons. The van der Waals surface area contributed by atoms with Crippen molar-refractivity contribution in [3.8, 4) is 17.2 Å². The van der Waals surface area contributed by atoms with Gasteiger partial charge in [0, 0.05) is 35.8 Å². The topological polar surface area (TPSA) is 85.5 Å². The van der Waals surface area contributed by atoms with Gasteiger partial charge in [-0.2, -0.15) is 5.26 Å². The smallest absolute Gasteiger partial charge is 0.125 e. The zero-order valence-corrected chi connectivity index (χ0v) is 12.4. The fourth-order valence-corrected chi connectivity index (χ4v) is 2.03. The Morgan fingerprint density at radius 2 is 2.09 bits per heavy atom. The highest BCUT2D eigenvalue weighted by Gasteiger charge is 2.10. The Bertz CT molecular complexity index is 726. The van der Waals surface area contributed by atoms with Crippen molar-refractivity contribution in [2.75, 3.05) is 11.9 Å². The van der Waals surface area contributed by atoms with E-state index in [0.29, 0.717) is 17.9 Å². The Morgan fingerprint density at radius 3 is 2.73 bits per heavy atom. The largest absolute Gasteiger partial charge is 0.381 e. The molecular weight excluding hydrogens is 274 g/mol. The summed E-state index contributed by atoms with van der Waals surface area (Å²) in [4.78, 5) is 8.38. The van der Waals surface area contributed by atoms with Crippen LogP contribution in [0.25, 0.3) is 11.1 Å². The van der Waals surface area contributed by atoms with E-state index in [1.165, 1.54) is 0 Å². The van der Waals surface area contributed by atoms with E-state index in [0.717, 1.165) is 16.8 Å². The first-order valence-electron chi connectivity index (χ1n) is 6.88. The molecule has 1 aromatic heterocycles. The summed E-state index contributed by atoms with van der Waals surface area (Å²) in [6.07, 6.45) is 5.33. The predicted octanol–water partition coefficient (Wildman–Crippen LogP) is 3.33. The predicted molar refractivity (Wildman–Crippen MR) is 88.0 cm³/mol. The zero-order valence-electron chi connectivity index (χ0n) is 12.4. The number of aryl methyl sites for hydroxylation is 1. The van der Waals surface area contributed by atoms with E-state index >= 15 is 0 Å². The van der Waals surface area contributed by atoms with Crippen LogP contribution in [0.5, 0.6) is 0 Å². The lowest BCUT2D eigenvalue weighted by Gasteiger charge is -2.13. The summed E-state index contributed by atoms with van der Waals surface area (Å²) in [5, 5.41) is 20.1. The van der Waals surface area contributed by atoms with Gasteiger partial charge in [0.1, 0.15) is 5.82 Å². The van der Waals surface area contributed by atoms with Crippen molar-refractivity contribution in [2.24, 2.45) is 0 Å². The van der Waals surface area contributed by atoms with E-state index in [1.54, 1.807) is 18.5 Å². The second-order valence-corrected chi connectivity index (χ2v) is 4.76. The maximum Gasteiger partial charge on any atom is 0.125 e. The molecule has 0 atom stereocenters. The highest BCUT2D eigenvalue weighted by Crippen LogP contribution is 2.25. The summed E-state index contributed by atoms with van der Waals surface area (Å²) < 4.78 is 0. The SMILES string of the molecule is C=CCNc1ccc(-c2cnc(C)nc2)cc1C(=N)CC#N. The highest BCUT2D eigenvalue weighted by atomic mass is 14.9. The third kappa shape index (κ3) is 3.55. The van der Waals surface area contributed by atoms with Gasteiger partial charge in [-0.15, -0.1) is 6.58 Å². The Morgan fingerprint density at radius 1 is 1.36 bits per heavy atom. The van der Waals surface area contributed by atoms with Crippen LogP contribution in [0.4, 0.5) is 5.69 Å². The van der Waals surface area contributed by atoms with Gasteiger partial charge >= 0.3 is 0 Å². The van der Waals surface area contributed by atoms with Crippen LogP contribution in [0, 0.1) is 23.7 Å². The first-order chi connectivity index (χ1) is 10.7. The van der Waals surface area contributed by atoms with Crippen LogP contribution in [0.2, 0.25) is 0 Å². The molecule has 1 aromatic carbocycles. The van der Waals surface area contributed by atoms with Crippen LogP contribution in [0.3, 0.4) is 0 Å². The number of hydrogen-bond acceptors (Lipinski definition) is 5. The van der Waals surface area contributed by atoms with Crippen molar-refractivity contribution < 1.29 is 0 Å². The number of rotatable bonds is 6. The van der Waals surface area contributed by atoms with Gasteiger partial charge in [-0.3, -0.25) is 0 Å². The molecule has 0 saturated heterocycles. The highest BCUT2D eigenvalue weighted by molar-refractivity contribution is 6.05. The standard InChI is InChI=1S/C17H17N5/c1-3-8-20-17-5-4-13(9-15(17)16(19)6-7-18)14-10-21-12(2)22-11-14/h3-5,9-11,19-20H,1,6,8H2,2H3. The summed E-state index contributed by atoms with van der Waals surface area (Å²) in [5.41, 5.74) is 3.61. The second kappa shape index (κ2) is 7.14. The van der Waals surface area contributed by atoms with Crippen LogP contribution in [-0.2, 0) is 0 Å².